The molecule has 0 unspecified atom stereocenters. The maximum absolute atomic E-state index is 12.2. The van der Waals surface area contributed by atoms with Crippen LogP contribution in [0.25, 0.3) is 10.2 Å². The van der Waals surface area contributed by atoms with Crippen LogP contribution < -0.4 is 5.73 Å². The quantitative estimate of drug-likeness (QED) is 0.585. The molecule has 0 radical (unpaired) electrons. The lowest BCUT2D eigenvalue weighted by Gasteiger charge is -2.03. The minimum atomic E-state index is -3.42. The molecule has 1 heterocycles. The minimum absolute atomic E-state index is 0.0741. The fraction of sp³-hybridized carbons (Fsp3) is 0.462. The Balaban J connectivity index is 1.97. The van der Waals surface area contributed by atoms with Crippen LogP contribution in [0.1, 0.15) is 6.42 Å². The van der Waals surface area contributed by atoms with Gasteiger partial charge in [-0.25, -0.2) is 13.4 Å². The molecule has 0 bridgehead atoms. The van der Waals surface area contributed by atoms with Crippen molar-refractivity contribution in [2.75, 3.05) is 38.4 Å². The SMILES string of the molecule is COCCCOCCS(=O)(=O)c1nc2ccc(N)cc2s1. The molecule has 2 aromatic rings. The molecule has 0 saturated heterocycles. The zero-order chi connectivity index (χ0) is 15.3. The van der Waals surface area contributed by atoms with Crippen molar-refractivity contribution in [1.82, 2.24) is 4.98 Å². The number of aromatic nitrogens is 1. The molecule has 2 rings (SSSR count). The van der Waals surface area contributed by atoms with Crippen molar-refractivity contribution in [2.24, 2.45) is 0 Å². The Morgan fingerprint density at radius 1 is 1.29 bits per heavy atom. The number of benzene rings is 1. The van der Waals surface area contributed by atoms with Crippen molar-refractivity contribution < 1.29 is 17.9 Å². The molecule has 21 heavy (non-hydrogen) atoms. The standard InChI is InChI=1S/C13H18N2O4S2/c1-18-5-2-6-19-7-8-21(16,17)13-15-11-4-3-10(14)9-12(11)20-13/h3-4,9H,2,5-8,14H2,1H3. The zero-order valence-electron chi connectivity index (χ0n) is 11.7. The molecule has 0 spiro atoms. The van der Waals surface area contributed by atoms with E-state index in [9.17, 15) is 8.42 Å². The summed E-state index contributed by atoms with van der Waals surface area (Å²) >= 11 is 1.14. The topological polar surface area (TPSA) is 91.5 Å². The Morgan fingerprint density at radius 3 is 2.86 bits per heavy atom. The lowest BCUT2D eigenvalue weighted by molar-refractivity contribution is 0.112. The highest BCUT2D eigenvalue weighted by Gasteiger charge is 2.19. The number of fused-ring (bicyclic) bond motifs is 1. The molecule has 0 saturated carbocycles. The number of hydrogen-bond donors (Lipinski definition) is 1. The Morgan fingerprint density at radius 2 is 2.10 bits per heavy atom. The molecule has 0 aliphatic carbocycles. The van der Waals surface area contributed by atoms with Gasteiger partial charge in [0.2, 0.25) is 14.2 Å². The second-order valence-corrected chi connectivity index (χ2v) is 7.80. The molecule has 0 amide bonds. The number of methoxy groups -OCH3 is 1. The van der Waals surface area contributed by atoms with E-state index in [0.717, 1.165) is 22.5 Å². The van der Waals surface area contributed by atoms with E-state index in [1.165, 1.54) is 0 Å². The van der Waals surface area contributed by atoms with Gasteiger partial charge in [0.25, 0.3) is 0 Å². The Kier molecular flexibility index (Phi) is 5.51. The highest BCUT2D eigenvalue weighted by molar-refractivity contribution is 7.93. The van der Waals surface area contributed by atoms with Crippen LogP contribution >= 0.6 is 11.3 Å². The number of ether oxygens (including phenoxy) is 2. The lowest BCUT2D eigenvalue weighted by atomic mass is 10.3. The van der Waals surface area contributed by atoms with Gasteiger partial charge in [-0.1, -0.05) is 0 Å². The summed E-state index contributed by atoms with van der Waals surface area (Å²) in [5, 5.41) is 0. The first-order chi connectivity index (χ1) is 10.0. The average molecular weight is 330 g/mol. The van der Waals surface area contributed by atoms with E-state index in [0.29, 0.717) is 24.4 Å². The number of nitrogen functional groups attached to an aromatic ring is 1. The molecule has 0 fully saturated rings. The van der Waals surface area contributed by atoms with Gasteiger partial charge in [-0.15, -0.1) is 11.3 Å². The van der Waals surface area contributed by atoms with E-state index in [1.807, 2.05) is 0 Å². The van der Waals surface area contributed by atoms with Crippen molar-refractivity contribution in [3.05, 3.63) is 18.2 Å². The number of anilines is 1. The van der Waals surface area contributed by atoms with Gasteiger partial charge >= 0.3 is 0 Å². The van der Waals surface area contributed by atoms with Gasteiger partial charge in [0, 0.05) is 26.0 Å². The summed E-state index contributed by atoms with van der Waals surface area (Å²) < 4.78 is 35.4. The number of nitrogens with zero attached hydrogens (tertiary/aromatic N) is 1. The van der Waals surface area contributed by atoms with Gasteiger partial charge in [0.15, 0.2) is 0 Å². The largest absolute Gasteiger partial charge is 0.399 e. The fourth-order valence-electron chi connectivity index (χ4n) is 1.72. The van der Waals surface area contributed by atoms with Crippen LogP contribution in [-0.4, -0.2) is 46.1 Å². The number of nitrogens with two attached hydrogens (primary N) is 1. The molecule has 0 aliphatic heterocycles. The second kappa shape index (κ2) is 7.17. The Bertz CT molecular complexity index is 697. The number of hydrogen-bond acceptors (Lipinski definition) is 7. The van der Waals surface area contributed by atoms with Gasteiger partial charge < -0.3 is 15.2 Å². The normalized spacial score (nSPS) is 12.0. The van der Waals surface area contributed by atoms with Crippen molar-refractivity contribution >= 4 is 37.1 Å². The monoisotopic (exact) mass is 330 g/mol. The zero-order valence-corrected chi connectivity index (χ0v) is 13.4. The third-order valence-corrected chi connectivity index (χ3v) is 5.94. The molecule has 8 heteroatoms. The summed E-state index contributed by atoms with van der Waals surface area (Å²) in [6.45, 7) is 1.25. The molecular weight excluding hydrogens is 312 g/mol. The van der Waals surface area contributed by atoms with Crippen molar-refractivity contribution in [2.45, 2.75) is 10.8 Å². The summed E-state index contributed by atoms with van der Waals surface area (Å²) in [5.41, 5.74) is 6.92. The average Bonchev–Trinajstić information content (AvgIpc) is 2.86. The van der Waals surface area contributed by atoms with Gasteiger partial charge in [-0.2, -0.15) is 0 Å². The van der Waals surface area contributed by atoms with E-state index < -0.39 is 9.84 Å². The fourth-order valence-corrected chi connectivity index (χ4v) is 4.24. The maximum atomic E-state index is 12.2. The van der Waals surface area contributed by atoms with Crippen LogP contribution in [0.5, 0.6) is 0 Å². The number of rotatable bonds is 8. The first kappa shape index (κ1) is 16.2. The van der Waals surface area contributed by atoms with Crippen molar-refractivity contribution in [3.8, 4) is 0 Å². The highest BCUT2D eigenvalue weighted by atomic mass is 32.2. The summed E-state index contributed by atoms with van der Waals surface area (Å²) in [6.07, 6.45) is 0.747. The van der Waals surface area contributed by atoms with Gasteiger partial charge in [-0.3, -0.25) is 0 Å². The predicted molar refractivity (Wildman–Crippen MR) is 83.4 cm³/mol. The molecule has 1 aromatic carbocycles. The van der Waals surface area contributed by atoms with E-state index in [4.69, 9.17) is 15.2 Å². The van der Waals surface area contributed by atoms with Crippen LogP contribution in [0.3, 0.4) is 0 Å². The van der Waals surface area contributed by atoms with Crippen LogP contribution in [0.4, 0.5) is 5.69 Å². The molecule has 1 aromatic heterocycles. The lowest BCUT2D eigenvalue weighted by Crippen LogP contribution is -2.13. The van der Waals surface area contributed by atoms with Crippen molar-refractivity contribution in [3.63, 3.8) is 0 Å². The van der Waals surface area contributed by atoms with Gasteiger partial charge in [0.05, 0.1) is 22.6 Å². The Labute approximate surface area is 127 Å². The number of sulfone groups is 1. The second-order valence-electron chi connectivity index (χ2n) is 4.48. The van der Waals surface area contributed by atoms with Crippen molar-refractivity contribution in [1.29, 1.82) is 0 Å². The third kappa shape index (κ3) is 4.37. The first-order valence-electron chi connectivity index (χ1n) is 6.48. The van der Waals surface area contributed by atoms with Gasteiger partial charge in [-0.05, 0) is 24.6 Å². The van der Waals surface area contributed by atoms with Crippen LogP contribution in [0.15, 0.2) is 22.5 Å². The van der Waals surface area contributed by atoms with E-state index in [-0.39, 0.29) is 16.7 Å². The van der Waals surface area contributed by atoms with E-state index in [1.54, 1.807) is 25.3 Å². The molecule has 2 N–H and O–H groups in total. The minimum Gasteiger partial charge on any atom is -0.399 e. The maximum Gasteiger partial charge on any atom is 0.210 e. The summed E-state index contributed by atoms with van der Waals surface area (Å²) in [4.78, 5) is 4.15. The molecule has 0 atom stereocenters. The highest BCUT2D eigenvalue weighted by Crippen LogP contribution is 2.27. The summed E-state index contributed by atoms with van der Waals surface area (Å²) in [6, 6.07) is 5.16. The molecule has 0 aliphatic rings. The summed E-state index contributed by atoms with van der Waals surface area (Å²) in [7, 11) is -1.80. The molecule has 116 valence electrons. The summed E-state index contributed by atoms with van der Waals surface area (Å²) in [5.74, 6) is -0.0741. The van der Waals surface area contributed by atoms with Crippen LogP contribution in [-0.2, 0) is 19.3 Å². The van der Waals surface area contributed by atoms with Crippen LogP contribution in [0.2, 0.25) is 0 Å². The molecular formula is C13H18N2O4S2. The smallest absolute Gasteiger partial charge is 0.210 e. The molecule has 6 nitrogen and oxygen atoms in total. The first-order valence-corrected chi connectivity index (χ1v) is 8.95. The van der Waals surface area contributed by atoms with E-state index in [2.05, 4.69) is 4.98 Å². The Hall–Kier alpha value is -1.22. The van der Waals surface area contributed by atoms with E-state index >= 15 is 0 Å². The van der Waals surface area contributed by atoms with Crippen LogP contribution in [0, 0.1) is 0 Å². The number of thiazole rings is 1. The third-order valence-electron chi connectivity index (χ3n) is 2.79. The van der Waals surface area contributed by atoms with Gasteiger partial charge in [0.1, 0.15) is 0 Å². The predicted octanol–water partition coefficient (Wildman–Crippen LogP) is 1.71.